The Morgan fingerprint density at radius 2 is 1.73 bits per heavy atom. The molecule has 2 heterocycles. The maximum absolute atomic E-state index is 13.8. The first kappa shape index (κ1) is 36.1. The number of rotatable bonds is 11. The first-order valence-electron chi connectivity index (χ1n) is 15.3. The van der Waals surface area contributed by atoms with Crippen LogP contribution < -0.4 is 0 Å². The number of carbonyl (C=O) groups excluding carboxylic acids is 4. The number of halogens is 2. The summed E-state index contributed by atoms with van der Waals surface area (Å²) in [5.74, 6) is -3.86. The third-order valence-electron chi connectivity index (χ3n) is 8.15. The highest BCUT2D eigenvalue weighted by Crippen LogP contribution is 2.37. The molecule has 1 amide bonds. The monoisotopic (exact) mass is 729 g/mol. The molecule has 11 nitrogen and oxygen atoms in total. The molecule has 1 aliphatic rings. The number of ether oxygens (including phenoxy) is 2. The van der Waals surface area contributed by atoms with Crippen molar-refractivity contribution in [3.05, 3.63) is 98.7 Å². The number of Topliss-reactive ketones (excluding diaryl/α,β-unsaturated/α-hetero) is 1. The number of benzene rings is 3. The lowest BCUT2D eigenvalue weighted by Crippen LogP contribution is -2.36. The molecule has 3 aromatic carbocycles. The van der Waals surface area contributed by atoms with E-state index in [4.69, 9.17) is 37.1 Å². The van der Waals surface area contributed by atoms with Crippen molar-refractivity contribution in [1.82, 2.24) is 4.90 Å². The number of sulfone groups is 1. The number of furan rings is 1. The van der Waals surface area contributed by atoms with E-state index in [1.807, 2.05) is 12.1 Å². The molecule has 0 bridgehead atoms. The Hall–Kier alpha value is -4.23. The fraction of sp³-hybridized carbons (Fsp3) is 0.314. The molecule has 4 aromatic rings. The van der Waals surface area contributed by atoms with Gasteiger partial charge in [0, 0.05) is 43.6 Å². The van der Waals surface area contributed by atoms with Crippen LogP contribution in [0.15, 0.2) is 70.2 Å². The summed E-state index contributed by atoms with van der Waals surface area (Å²) >= 11 is 13.4. The molecule has 258 valence electrons. The summed E-state index contributed by atoms with van der Waals surface area (Å²) in [6, 6.07) is 14.6. The van der Waals surface area contributed by atoms with Gasteiger partial charge in [-0.25, -0.2) is 13.2 Å². The predicted octanol–water partition coefficient (Wildman–Crippen LogP) is 5.59. The third kappa shape index (κ3) is 8.33. The maximum atomic E-state index is 13.8. The lowest BCUT2D eigenvalue weighted by Gasteiger charge is -2.30. The molecule has 14 heteroatoms. The molecule has 0 saturated carbocycles. The Balaban J connectivity index is 1.38. The van der Waals surface area contributed by atoms with Gasteiger partial charge in [0.05, 0.1) is 32.7 Å². The van der Waals surface area contributed by atoms with E-state index in [0.29, 0.717) is 40.8 Å². The quantitative estimate of drug-likeness (QED) is 0.117. The standard InChI is InChI=1S/C35H33Cl2NO10S/c1-19(39)34(42)47-20(2)48-35(43)24(13-21-5-4-6-26(14-21)49(3,44)45)16-29(40)31-28(36)15-25-18-38(11-9-27(25)32(31)37)33(41)23-8-7-22-10-12-46-30(22)17-23/h4-8,10,12,14-15,17,19-20,24,39H,9,11,13,16,18H2,1-3H3/t19-,20?,24-/m1/s1. The van der Waals surface area contributed by atoms with Crippen LogP contribution in [0, 0.1) is 5.92 Å². The zero-order valence-corrected chi connectivity index (χ0v) is 29.1. The molecule has 3 atom stereocenters. The SMILES string of the molecule is CC(OC(=O)[C@@H](CC(=O)c1c(Cl)cc2c(c1Cl)CCN(C(=O)c1ccc3ccoc3c1)C2)Cc1cccc(S(C)(=O)=O)c1)OC(=O)[C@@H](C)O. The number of hydrogen-bond acceptors (Lipinski definition) is 10. The van der Waals surface area contributed by atoms with Crippen LogP contribution in [0.3, 0.4) is 0 Å². The van der Waals surface area contributed by atoms with Crippen molar-refractivity contribution in [1.29, 1.82) is 0 Å². The molecule has 5 rings (SSSR count). The van der Waals surface area contributed by atoms with Gasteiger partial charge in [-0.2, -0.15) is 0 Å². The summed E-state index contributed by atoms with van der Waals surface area (Å²) in [6.45, 7) is 3.00. The molecular weight excluding hydrogens is 697 g/mol. The van der Waals surface area contributed by atoms with Gasteiger partial charge in [0.25, 0.3) is 5.91 Å². The normalized spacial score (nSPS) is 14.9. The highest BCUT2D eigenvalue weighted by molar-refractivity contribution is 7.90. The Kier molecular flexibility index (Phi) is 10.8. The molecular formula is C35H33Cl2NO10S. The van der Waals surface area contributed by atoms with Gasteiger partial charge in [-0.15, -0.1) is 0 Å². The maximum Gasteiger partial charge on any atom is 0.337 e. The van der Waals surface area contributed by atoms with Crippen molar-refractivity contribution < 1.29 is 46.6 Å². The van der Waals surface area contributed by atoms with E-state index in [9.17, 15) is 32.7 Å². The van der Waals surface area contributed by atoms with Crippen LogP contribution >= 0.6 is 23.2 Å². The van der Waals surface area contributed by atoms with Crippen LogP contribution in [0.2, 0.25) is 10.0 Å². The van der Waals surface area contributed by atoms with Crippen LogP contribution in [0.25, 0.3) is 11.0 Å². The van der Waals surface area contributed by atoms with E-state index in [0.717, 1.165) is 11.6 Å². The minimum atomic E-state index is -3.57. The summed E-state index contributed by atoms with van der Waals surface area (Å²) in [4.78, 5) is 54.1. The van der Waals surface area contributed by atoms with Gasteiger partial charge in [0.1, 0.15) is 11.7 Å². The largest absolute Gasteiger partial charge is 0.464 e. The van der Waals surface area contributed by atoms with E-state index < -0.39 is 52.3 Å². The first-order chi connectivity index (χ1) is 23.1. The van der Waals surface area contributed by atoms with Gasteiger partial charge >= 0.3 is 11.9 Å². The van der Waals surface area contributed by atoms with Gasteiger partial charge in [0.2, 0.25) is 6.29 Å². The first-order valence-corrected chi connectivity index (χ1v) is 17.9. The fourth-order valence-electron chi connectivity index (χ4n) is 5.65. The number of hydrogen-bond donors (Lipinski definition) is 1. The highest BCUT2D eigenvalue weighted by Gasteiger charge is 2.32. The van der Waals surface area contributed by atoms with Crippen molar-refractivity contribution >= 4 is 67.6 Å². The second-order valence-electron chi connectivity index (χ2n) is 11.9. The summed E-state index contributed by atoms with van der Waals surface area (Å²) < 4.78 is 40.0. The number of carbonyl (C=O) groups is 4. The Morgan fingerprint density at radius 1 is 1.00 bits per heavy atom. The van der Waals surface area contributed by atoms with Crippen LogP contribution in [-0.2, 0) is 48.3 Å². The molecule has 0 aliphatic carbocycles. The Labute approximate surface area is 292 Å². The van der Waals surface area contributed by atoms with Crippen molar-refractivity contribution in [3.63, 3.8) is 0 Å². The molecule has 1 N–H and O–H groups in total. The van der Waals surface area contributed by atoms with Crippen molar-refractivity contribution in [2.45, 2.75) is 56.9 Å². The molecule has 49 heavy (non-hydrogen) atoms. The molecule has 1 unspecified atom stereocenters. The second kappa shape index (κ2) is 14.7. The van der Waals surface area contributed by atoms with Gasteiger partial charge in [0.15, 0.2) is 15.6 Å². The second-order valence-corrected chi connectivity index (χ2v) is 14.7. The summed E-state index contributed by atoms with van der Waals surface area (Å²) in [6.07, 6.45) is -0.440. The molecule has 0 fully saturated rings. The molecule has 1 aliphatic heterocycles. The minimum absolute atomic E-state index is 0.00130. The van der Waals surface area contributed by atoms with Gasteiger partial charge in [-0.1, -0.05) is 41.4 Å². The number of aliphatic hydroxyl groups excluding tert-OH is 1. The molecule has 1 aromatic heterocycles. The van der Waals surface area contributed by atoms with Crippen molar-refractivity contribution in [2.24, 2.45) is 5.92 Å². The average molecular weight is 731 g/mol. The van der Waals surface area contributed by atoms with Crippen molar-refractivity contribution in [3.8, 4) is 0 Å². The fourth-order valence-corrected chi connectivity index (χ4v) is 7.14. The zero-order chi connectivity index (χ0) is 35.6. The summed E-state index contributed by atoms with van der Waals surface area (Å²) in [5.41, 5.74) is 2.82. The zero-order valence-electron chi connectivity index (χ0n) is 26.8. The van der Waals surface area contributed by atoms with Gasteiger partial charge in [-0.05, 0) is 72.9 Å². The number of ketones is 1. The van der Waals surface area contributed by atoms with Crippen LogP contribution in [-0.4, -0.2) is 67.2 Å². The third-order valence-corrected chi connectivity index (χ3v) is 9.98. The van der Waals surface area contributed by atoms with Crippen LogP contribution in [0.1, 0.15) is 57.7 Å². The lowest BCUT2D eigenvalue weighted by atomic mass is 9.89. The molecule has 0 radical (unpaired) electrons. The lowest BCUT2D eigenvalue weighted by molar-refractivity contribution is -0.192. The number of nitrogens with zero attached hydrogens (tertiary/aromatic N) is 1. The summed E-state index contributed by atoms with van der Waals surface area (Å²) in [7, 11) is -3.57. The minimum Gasteiger partial charge on any atom is -0.464 e. The van der Waals surface area contributed by atoms with E-state index in [-0.39, 0.29) is 39.4 Å². The highest BCUT2D eigenvalue weighted by atomic mass is 35.5. The number of amides is 1. The summed E-state index contributed by atoms with van der Waals surface area (Å²) in [5, 5.41) is 10.5. The van der Waals surface area contributed by atoms with Crippen molar-refractivity contribution in [2.75, 3.05) is 12.8 Å². The van der Waals surface area contributed by atoms with Gasteiger partial charge < -0.3 is 23.9 Å². The van der Waals surface area contributed by atoms with E-state index >= 15 is 0 Å². The number of esters is 2. The van der Waals surface area contributed by atoms with E-state index in [1.165, 1.54) is 32.0 Å². The van der Waals surface area contributed by atoms with E-state index in [1.54, 1.807) is 35.4 Å². The number of fused-ring (bicyclic) bond motifs is 2. The number of aliphatic hydroxyl groups is 1. The smallest absolute Gasteiger partial charge is 0.337 e. The van der Waals surface area contributed by atoms with Crippen LogP contribution in [0.5, 0.6) is 0 Å². The van der Waals surface area contributed by atoms with Gasteiger partial charge in [-0.3, -0.25) is 14.4 Å². The Morgan fingerprint density at radius 3 is 2.45 bits per heavy atom. The molecule has 0 spiro atoms. The average Bonchev–Trinajstić information content (AvgIpc) is 3.51. The van der Waals surface area contributed by atoms with Crippen LogP contribution in [0.4, 0.5) is 0 Å². The predicted molar refractivity (Wildman–Crippen MR) is 180 cm³/mol. The van der Waals surface area contributed by atoms with E-state index in [2.05, 4.69) is 0 Å². The molecule has 0 saturated heterocycles. The Bertz CT molecular complexity index is 2060. The topological polar surface area (TPSA) is 157 Å².